The van der Waals surface area contributed by atoms with Gasteiger partial charge >= 0.3 is 0 Å². The molecule has 1 aromatic heterocycles. The summed E-state index contributed by atoms with van der Waals surface area (Å²) in [6.07, 6.45) is 0.746. The van der Waals surface area contributed by atoms with Gasteiger partial charge in [-0.2, -0.15) is 0 Å². The molecular weight excluding hydrogens is 316 g/mol. The van der Waals surface area contributed by atoms with E-state index in [0.29, 0.717) is 12.2 Å². The van der Waals surface area contributed by atoms with Crippen molar-refractivity contribution in [2.24, 2.45) is 0 Å². The van der Waals surface area contributed by atoms with Crippen LogP contribution < -0.4 is 4.90 Å². The first-order valence-electron chi connectivity index (χ1n) is 7.41. The van der Waals surface area contributed by atoms with Gasteiger partial charge in [0.15, 0.2) is 15.6 Å². The fraction of sp³-hybridized carbons (Fsp3) is 0.375. The monoisotopic (exact) mass is 334 g/mol. The van der Waals surface area contributed by atoms with E-state index in [4.69, 9.17) is 4.52 Å². The molecule has 0 N–H and O–H groups in total. The number of hydrogen-bond donors (Lipinski definition) is 0. The highest BCUT2D eigenvalue weighted by molar-refractivity contribution is 7.92. The van der Waals surface area contributed by atoms with Crippen molar-refractivity contribution in [3.05, 3.63) is 47.3 Å². The van der Waals surface area contributed by atoms with Gasteiger partial charge in [0, 0.05) is 18.3 Å². The molecule has 0 fully saturated rings. The fourth-order valence-corrected chi connectivity index (χ4v) is 3.96. The molecule has 0 radical (unpaired) electrons. The van der Waals surface area contributed by atoms with Gasteiger partial charge in [-0.05, 0) is 31.9 Å². The van der Waals surface area contributed by atoms with Crippen LogP contribution in [0.3, 0.4) is 0 Å². The molecule has 2 aromatic rings. The molecular formula is C16H18N2O4S. The number of rotatable bonds is 4. The number of para-hydroxylation sites is 1. The van der Waals surface area contributed by atoms with Gasteiger partial charge in [-0.1, -0.05) is 23.4 Å². The van der Waals surface area contributed by atoms with Gasteiger partial charge in [-0.25, -0.2) is 8.42 Å². The lowest BCUT2D eigenvalue weighted by molar-refractivity contribution is -0.117. The Morgan fingerprint density at radius 1 is 1.39 bits per heavy atom. The zero-order chi connectivity index (χ0) is 16.6. The highest BCUT2D eigenvalue weighted by Gasteiger charge is 2.35. The van der Waals surface area contributed by atoms with Crippen LogP contribution in [0.15, 0.2) is 34.9 Å². The second-order valence-electron chi connectivity index (χ2n) is 5.75. The molecule has 1 aliphatic heterocycles. The Balaban J connectivity index is 1.80. The van der Waals surface area contributed by atoms with E-state index in [9.17, 15) is 13.2 Å². The summed E-state index contributed by atoms with van der Waals surface area (Å²) < 4.78 is 29.9. The Morgan fingerprint density at radius 3 is 2.83 bits per heavy atom. The highest BCUT2D eigenvalue weighted by Crippen LogP contribution is 2.29. The number of sulfone groups is 1. The number of carbonyl (C=O) groups excluding carboxylic acids is 1. The maximum Gasteiger partial charge on any atom is 0.245 e. The van der Waals surface area contributed by atoms with E-state index in [1.54, 1.807) is 17.9 Å². The van der Waals surface area contributed by atoms with E-state index in [2.05, 4.69) is 5.16 Å². The van der Waals surface area contributed by atoms with E-state index < -0.39 is 21.0 Å². The normalized spacial score (nSPS) is 15.5. The van der Waals surface area contributed by atoms with E-state index >= 15 is 0 Å². The molecule has 0 spiro atoms. The minimum absolute atomic E-state index is 0.254. The van der Waals surface area contributed by atoms with Gasteiger partial charge in [-0.3, -0.25) is 4.79 Å². The van der Waals surface area contributed by atoms with Crippen molar-refractivity contribution in [3.63, 3.8) is 0 Å². The summed E-state index contributed by atoms with van der Waals surface area (Å²) in [5.74, 6) is -0.467. The van der Waals surface area contributed by atoms with Crippen LogP contribution in [0.1, 0.15) is 23.9 Å². The molecule has 0 bridgehead atoms. The Hall–Kier alpha value is -2.15. The topological polar surface area (TPSA) is 80.5 Å². The smallest absolute Gasteiger partial charge is 0.245 e. The Morgan fingerprint density at radius 2 is 2.13 bits per heavy atom. The van der Waals surface area contributed by atoms with Gasteiger partial charge in [0.2, 0.25) is 5.91 Å². The van der Waals surface area contributed by atoms with Crippen molar-refractivity contribution in [1.29, 1.82) is 0 Å². The van der Waals surface area contributed by atoms with Gasteiger partial charge in [0.05, 0.1) is 5.69 Å². The largest absolute Gasteiger partial charge is 0.360 e. The molecule has 23 heavy (non-hydrogen) atoms. The van der Waals surface area contributed by atoms with Crippen LogP contribution in [-0.2, 0) is 26.8 Å². The Bertz CT molecular complexity index is 841. The molecule has 6 nitrogen and oxygen atoms in total. The van der Waals surface area contributed by atoms with Gasteiger partial charge < -0.3 is 9.42 Å². The maximum atomic E-state index is 12.7. The van der Waals surface area contributed by atoms with Crippen LogP contribution in [-0.4, -0.2) is 31.3 Å². The average Bonchev–Trinajstić information content (AvgIpc) is 3.11. The van der Waals surface area contributed by atoms with Crippen molar-refractivity contribution in [2.45, 2.75) is 31.3 Å². The molecule has 1 atom stereocenters. The van der Waals surface area contributed by atoms with Crippen LogP contribution in [0.5, 0.6) is 0 Å². The zero-order valence-electron chi connectivity index (χ0n) is 13.0. The quantitative estimate of drug-likeness (QED) is 0.853. The first kappa shape index (κ1) is 15.7. The van der Waals surface area contributed by atoms with Crippen LogP contribution in [0.2, 0.25) is 0 Å². The predicted octanol–water partition coefficient (Wildman–Crippen LogP) is 1.88. The summed E-state index contributed by atoms with van der Waals surface area (Å²) in [4.78, 5) is 14.2. The van der Waals surface area contributed by atoms with Crippen molar-refractivity contribution < 1.29 is 17.7 Å². The summed E-state index contributed by atoms with van der Waals surface area (Å²) in [5.41, 5.74) is 2.48. The number of amides is 1. The number of benzene rings is 1. The number of hydrogen-bond acceptors (Lipinski definition) is 5. The van der Waals surface area contributed by atoms with Crippen molar-refractivity contribution in [1.82, 2.24) is 5.16 Å². The van der Waals surface area contributed by atoms with E-state index in [1.807, 2.05) is 24.3 Å². The van der Waals surface area contributed by atoms with E-state index in [-0.39, 0.29) is 11.5 Å². The maximum absolute atomic E-state index is 12.7. The molecule has 7 heteroatoms. The van der Waals surface area contributed by atoms with Gasteiger partial charge in [0.1, 0.15) is 11.0 Å². The summed E-state index contributed by atoms with van der Waals surface area (Å²) in [6.45, 7) is 3.66. The molecule has 122 valence electrons. The number of nitrogens with zero attached hydrogens (tertiary/aromatic N) is 2. The Kier molecular flexibility index (Phi) is 3.97. The average molecular weight is 334 g/mol. The SMILES string of the molecule is Cc1cc(CS(=O)(=O)[C@@H](C)C(=O)N2CCc3ccccc32)on1. The van der Waals surface area contributed by atoms with Gasteiger partial charge in [0.25, 0.3) is 0 Å². The minimum Gasteiger partial charge on any atom is -0.360 e. The molecule has 3 rings (SSSR count). The summed E-state index contributed by atoms with van der Waals surface area (Å²) in [6, 6.07) is 9.14. The Labute approximate surface area is 135 Å². The molecule has 0 unspecified atom stereocenters. The van der Waals surface area contributed by atoms with E-state index in [1.165, 1.54) is 6.92 Å². The van der Waals surface area contributed by atoms with Crippen LogP contribution in [0.25, 0.3) is 0 Å². The predicted molar refractivity (Wildman–Crippen MR) is 85.8 cm³/mol. The summed E-state index contributed by atoms with van der Waals surface area (Å²) in [7, 11) is -3.66. The third kappa shape index (κ3) is 3.01. The zero-order valence-corrected chi connectivity index (χ0v) is 13.8. The van der Waals surface area contributed by atoms with Gasteiger partial charge in [-0.15, -0.1) is 0 Å². The lowest BCUT2D eigenvalue weighted by atomic mass is 10.2. The van der Waals surface area contributed by atoms with Crippen molar-refractivity contribution >= 4 is 21.4 Å². The third-order valence-corrected chi connectivity index (χ3v) is 6.03. The minimum atomic E-state index is -3.66. The van der Waals surface area contributed by atoms with Crippen LogP contribution >= 0.6 is 0 Å². The summed E-state index contributed by atoms with van der Waals surface area (Å²) in [5, 5.41) is 2.55. The van der Waals surface area contributed by atoms with E-state index in [0.717, 1.165) is 17.7 Å². The lowest BCUT2D eigenvalue weighted by Gasteiger charge is -2.21. The number of anilines is 1. The molecule has 2 heterocycles. The fourth-order valence-electron chi connectivity index (χ4n) is 2.75. The molecule has 0 saturated carbocycles. The molecule has 1 aliphatic rings. The molecule has 1 aromatic carbocycles. The third-order valence-electron chi connectivity index (χ3n) is 4.06. The second kappa shape index (κ2) is 5.81. The molecule has 1 amide bonds. The number of fused-ring (bicyclic) bond motifs is 1. The molecule has 0 aliphatic carbocycles. The number of aryl methyl sites for hydroxylation is 1. The van der Waals surface area contributed by atoms with Crippen molar-refractivity contribution in [3.8, 4) is 0 Å². The second-order valence-corrected chi connectivity index (χ2v) is 8.07. The molecule has 0 saturated heterocycles. The van der Waals surface area contributed by atoms with Crippen LogP contribution in [0.4, 0.5) is 5.69 Å². The highest BCUT2D eigenvalue weighted by atomic mass is 32.2. The first-order valence-corrected chi connectivity index (χ1v) is 9.13. The lowest BCUT2D eigenvalue weighted by Crippen LogP contribution is -2.41. The number of aromatic nitrogens is 1. The van der Waals surface area contributed by atoms with Crippen LogP contribution in [0, 0.1) is 6.92 Å². The van der Waals surface area contributed by atoms with Crippen molar-refractivity contribution in [2.75, 3.05) is 11.4 Å². The number of carbonyl (C=O) groups is 1. The summed E-state index contributed by atoms with van der Waals surface area (Å²) >= 11 is 0. The first-order chi connectivity index (χ1) is 10.9. The standard InChI is InChI=1S/C16H18N2O4S/c1-11-9-14(22-17-11)10-23(20,21)12(2)16(19)18-8-7-13-5-3-4-6-15(13)18/h3-6,9,12H,7-8,10H2,1-2H3/t12-/m0/s1.